The number of aryl methyl sites for hydroxylation is 1. The summed E-state index contributed by atoms with van der Waals surface area (Å²) >= 11 is 0. The second-order valence-corrected chi connectivity index (χ2v) is 10.0. The van der Waals surface area contributed by atoms with E-state index in [0.717, 1.165) is 44.9 Å². The molecule has 4 nitrogen and oxygen atoms in total. The summed E-state index contributed by atoms with van der Waals surface area (Å²) in [4.78, 5) is 11.4. The van der Waals surface area contributed by atoms with Crippen LogP contribution in [0, 0.1) is 29.1 Å². The van der Waals surface area contributed by atoms with E-state index in [0.29, 0.717) is 49.4 Å². The monoisotopic (exact) mass is 424 g/mol. The second-order valence-electron chi connectivity index (χ2n) is 10.0. The average molecular weight is 425 g/mol. The van der Waals surface area contributed by atoms with E-state index >= 15 is 0 Å². The van der Waals surface area contributed by atoms with Crippen LogP contribution < -0.4 is 0 Å². The van der Waals surface area contributed by atoms with E-state index in [1.54, 1.807) is 0 Å². The highest BCUT2D eigenvalue weighted by Gasteiger charge is 2.61. The van der Waals surface area contributed by atoms with Gasteiger partial charge in [-0.25, -0.2) is 0 Å². The molecule has 0 radical (unpaired) electrons. The van der Waals surface area contributed by atoms with E-state index < -0.39 is 5.60 Å². The van der Waals surface area contributed by atoms with Gasteiger partial charge >= 0.3 is 5.97 Å². The fourth-order valence-corrected chi connectivity index (χ4v) is 6.62. The van der Waals surface area contributed by atoms with Crippen molar-refractivity contribution in [3.05, 3.63) is 29.3 Å². The minimum absolute atomic E-state index is 0.138. The highest BCUT2D eigenvalue weighted by Crippen LogP contribution is 2.64. The standard InChI is InChI=1S/C27H36O4/c1-3-7-25(29)31-17-6-4-5-14-27(30)16-13-24-23-10-8-19-18-20(28)9-11-21(19)22(23)12-15-26(24,27)2/h9,11,18,22-24,28,30H,3-4,6-8,10,12-13,15-17H2,1-2H3/t22-,23-,24+,26+,27+/m1/s1. The van der Waals surface area contributed by atoms with Crippen molar-refractivity contribution in [1.29, 1.82) is 0 Å². The van der Waals surface area contributed by atoms with Gasteiger partial charge in [0, 0.05) is 18.3 Å². The van der Waals surface area contributed by atoms with Gasteiger partial charge in [-0.2, -0.15) is 0 Å². The molecule has 0 spiro atoms. The van der Waals surface area contributed by atoms with Gasteiger partial charge in [0.1, 0.15) is 11.4 Å². The number of esters is 1. The molecule has 0 bridgehead atoms. The van der Waals surface area contributed by atoms with Crippen LogP contribution >= 0.6 is 0 Å². The van der Waals surface area contributed by atoms with E-state index in [2.05, 4.69) is 24.8 Å². The lowest BCUT2D eigenvalue weighted by atomic mass is 9.53. The first kappa shape index (κ1) is 22.2. The van der Waals surface area contributed by atoms with Crippen LogP contribution in [0.4, 0.5) is 0 Å². The highest BCUT2D eigenvalue weighted by atomic mass is 16.5. The average Bonchev–Trinajstić information content (AvgIpc) is 3.01. The Morgan fingerprint density at radius 2 is 2.10 bits per heavy atom. The quantitative estimate of drug-likeness (QED) is 0.392. The van der Waals surface area contributed by atoms with Crippen LogP contribution in [0.1, 0.15) is 88.7 Å². The molecular weight excluding hydrogens is 388 g/mol. The van der Waals surface area contributed by atoms with Gasteiger partial charge < -0.3 is 14.9 Å². The van der Waals surface area contributed by atoms with Gasteiger partial charge in [0.15, 0.2) is 0 Å². The molecule has 3 aliphatic rings. The van der Waals surface area contributed by atoms with Crippen molar-refractivity contribution in [2.75, 3.05) is 6.61 Å². The molecule has 2 fully saturated rings. The Hall–Kier alpha value is -1.99. The van der Waals surface area contributed by atoms with Crippen molar-refractivity contribution in [2.24, 2.45) is 17.3 Å². The summed E-state index contributed by atoms with van der Waals surface area (Å²) in [5.74, 6) is 8.31. The van der Waals surface area contributed by atoms with Crippen LogP contribution in [-0.2, 0) is 16.0 Å². The molecule has 4 rings (SSSR count). The van der Waals surface area contributed by atoms with Crippen molar-refractivity contribution < 1.29 is 19.7 Å². The number of hydrogen-bond acceptors (Lipinski definition) is 4. The molecule has 0 amide bonds. The normalized spacial score (nSPS) is 33.5. The van der Waals surface area contributed by atoms with Gasteiger partial charge in [0.2, 0.25) is 0 Å². The summed E-state index contributed by atoms with van der Waals surface area (Å²) in [5, 5.41) is 21.4. The molecule has 1 aromatic rings. The molecular formula is C27H36O4. The number of aliphatic hydroxyl groups is 1. The number of carbonyl (C=O) groups is 1. The number of phenols is 1. The number of phenolic OH excluding ortho intramolecular Hbond substituents is 1. The number of unbranched alkanes of at least 4 members (excludes halogenated alkanes) is 1. The number of aromatic hydroxyl groups is 1. The minimum atomic E-state index is -0.920. The van der Waals surface area contributed by atoms with Gasteiger partial charge in [-0.15, -0.1) is 5.92 Å². The lowest BCUT2D eigenvalue weighted by molar-refractivity contribution is -0.143. The summed E-state index contributed by atoms with van der Waals surface area (Å²) in [7, 11) is 0. The molecule has 31 heavy (non-hydrogen) atoms. The number of hydrogen-bond donors (Lipinski definition) is 2. The SMILES string of the molecule is CCCC(=O)OCCCC#C[C@]1(O)CC[C@H]2[C@@H]3CCc4cc(O)ccc4[C@H]3CC[C@@]21C. The summed E-state index contributed by atoms with van der Waals surface area (Å²) < 4.78 is 5.20. The van der Waals surface area contributed by atoms with Crippen molar-refractivity contribution in [3.63, 3.8) is 0 Å². The predicted molar refractivity (Wildman–Crippen MR) is 121 cm³/mol. The van der Waals surface area contributed by atoms with Crippen LogP contribution in [0.5, 0.6) is 5.75 Å². The van der Waals surface area contributed by atoms with Crippen molar-refractivity contribution in [3.8, 4) is 17.6 Å². The maximum absolute atomic E-state index is 11.6. The lowest BCUT2D eigenvalue weighted by Crippen LogP contribution is -2.50. The molecule has 0 saturated heterocycles. The molecule has 0 aromatic heterocycles. The summed E-state index contributed by atoms with van der Waals surface area (Å²) in [6.45, 7) is 4.63. The Balaban J connectivity index is 1.41. The smallest absolute Gasteiger partial charge is 0.305 e. The van der Waals surface area contributed by atoms with Crippen LogP contribution in [0.25, 0.3) is 0 Å². The maximum Gasteiger partial charge on any atom is 0.305 e. The second kappa shape index (κ2) is 8.87. The topological polar surface area (TPSA) is 66.8 Å². The molecule has 3 aliphatic carbocycles. The molecule has 0 heterocycles. The maximum atomic E-state index is 11.6. The molecule has 1 aromatic carbocycles. The Bertz CT molecular complexity index is 881. The van der Waals surface area contributed by atoms with E-state index in [4.69, 9.17) is 4.74 Å². The zero-order valence-corrected chi connectivity index (χ0v) is 19.0. The molecule has 2 saturated carbocycles. The van der Waals surface area contributed by atoms with Gasteiger partial charge in [-0.05, 0) is 92.4 Å². The van der Waals surface area contributed by atoms with Gasteiger partial charge in [-0.3, -0.25) is 4.79 Å². The Morgan fingerprint density at radius 3 is 2.90 bits per heavy atom. The largest absolute Gasteiger partial charge is 0.508 e. The van der Waals surface area contributed by atoms with E-state index in [9.17, 15) is 15.0 Å². The van der Waals surface area contributed by atoms with Gasteiger partial charge in [0.05, 0.1) is 6.61 Å². The summed E-state index contributed by atoms with van der Waals surface area (Å²) in [5.41, 5.74) is 1.63. The first-order valence-electron chi connectivity index (χ1n) is 12.1. The first-order valence-corrected chi connectivity index (χ1v) is 12.1. The van der Waals surface area contributed by atoms with E-state index in [1.807, 2.05) is 19.1 Å². The summed E-state index contributed by atoms with van der Waals surface area (Å²) in [6, 6.07) is 5.89. The summed E-state index contributed by atoms with van der Waals surface area (Å²) in [6.07, 6.45) is 8.63. The third-order valence-electron chi connectivity index (χ3n) is 8.32. The highest BCUT2D eigenvalue weighted by molar-refractivity contribution is 5.69. The van der Waals surface area contributed by atoms with Crippen LogP contribution in [0.3, 0.4) is 0 Å². The van der Waals surface area contributed by atoms with Crippen molar-refractivity contribution >= 4 is 5.97 Å². The number of ether oxygens (including phenoxy) is 1. The molecule has 5 atom stereocenters. The molecule has 4 heteroatoms. The van der Waals surface area contributed by atoms with Gasteiger partial charge in [-0.1, -0.05) is 25.8 Å². The van der Waals surface area contributed by atoms with Crippen LogP contribution in [0.2, 0.25) is 0 Å². The van der Waals surface area contributed by atoms with Crippen LogP contribution in [0.15, 0.2) is 18.2 Å². The lowest BCUT2D eigenvalue weighted by Gasteiger charge is -2.52. The Kier molecular flexibility index (Phi) is 6.35. The molecule has 0 aliphatic heterocycles. The molecule has 2 N–H and O–H groups in total. The fourth-order valence-electron chi connectivity index (χ4n) is 6.62. The number of carbonyl (C=O) groups excluding carboxylic acids is 1. The minimum Gasteiger partial charge on any atom is -0.508 e. The van der Waals surface area contributed by atoms with Crippen molar-refractivity contribution in [2.45, 2.75) is 89.6 Å². The number of benzene rings is 1. The van der Waals surface area contributed by atoms with Gasteiger partial charge in [0.25, 0.3) is 0 Å². The van der Waals surface area contributed by atoms with Crippen LogP contribution in [-0.4, -0.2) is 28.4 Å². The van der Waals surface area contributed by atoms with Crippen molar-refractivity contribution in [1.82, 2.24) is 0 Å². The van der Waals surface area contributed by atoms with E-state index in [-0.39, 0.29) is 11.4 Å². The molecule has 168 valence electrons. The Morgan fingerprint density at radius 1 is 1.26 bits per heavy atom. The molecule has 0 unspecified atom stereocenters. The zero-order chi connectivity index (χ0) is 22.1. The Labute approximate surface area is 186 Å². The fraction of sp³-hybridized carbons (Fsp3) is 0.667. The number of fused-ring (bicyclic) bond motifs is 5. The zero-order valence-electron chi connectivity index (χ0n) is 19.0. The number of rotatable bonds is 5. The third kappa shape index (κ3) is 4.10. The van der Waals surface area contributed by atoms with E-state index in [1.165, 1.54) is 11.1 Å². The predicted octanol–water partition coefficient (Wildman–Crippen LogP) is 5.11. The third-order valence-corrected chi connectivity index (χ3v) is 8.32. The first-order chi connectivity index (χ1) is 14.9.